The highest BCUT2D eigenvalue weighted by Gasteiger charge is 2.41. The van der Waals surface area contributed by atoms with Gasteiger partial charge >= 0.3 is 12.4 Å². The number of Topliss-reactive ketones (excluding diaryl/α,β-unsaturated/α-hetero) is 1. The molecule has 2 aromatic carbocycles. The van der Waals surface area contributed by atoms with Crippen LogP contribution in [0.1, 0.15) is 76.8 Å². The number of amides is 1. The quantitative estimate of drug-likeness (QED) is 0.0925. The number of fused-ring (bicyclic) bond motifs is 1. The summed E-state index contributed by atoms with van der Waals surface area (Å²) in [6, 6.07) is 7.79. The van der Waals surface area contributed by atoms with Gasteiger partial charge in [-0.1, -0.05) is 30.2 Å². The summed E-state index contributed by atoms with van der Waals surface area (Å²) in [7, 11) is 0. The highest BCUT2D eigenvalue weighted by Crippen LogP contribution is 2.41. The molecular weight excluding hydrogens is 733 g/mol. The molecule has 0 bridgehead atoms. The summed E-state index contributed by atoms with van der Waals surface area (Å²) in [5.41, 5.74) is -2.19. The fraction of sp³-hybridized carbons (Fsp3) is 0.412. The van der Waals surface area contributed by atoms with Gasteiger partial charge in [-0.2, -0.15) is 36.3 Å². The van der Waals surface area contributed by atoms with Crippen LogP contribution in [0.15, 0.2) is 42.5 Å². The summed E-state index contributed by atoms with van der Waals surface area (Å²) in [6.07, 6.45) is -10.5. The van der Waals surface area contributed by atoms with E-state index in [0.717, 1.165) is 24.3 Å². The van der Waals surface area contributed by atoms with E-state index in [1.807, 2.05) is 0 Å². The van der Waals surface area contributed by atoms with E-state index in [4.69, 9.17) is 16.3 Å². The van der Waals surface area contributed by atoms with E-state index in [0.29, 0.717) is 25.7 Å². The molecule has 280 valence electrons. The lowest BCUT2D eigenvalue weighted by atomic mass is 9.79. The highest BCUT2D eigenvalue weighted by molar-refractivity contribution is 6.33. The Morgan fingerprint density at radius 2 is 1.73 bits per heavy atom. The van der Waals surface area contributed by atoms with Crippen LogP contribution in [0.4, 0.5) is 51.1 Å². The fourth-order valence-electron chi connectivity index (χ4n) is 6.07. The van der Waals surface area contributed by atoms with Gasteiger partial charge in [0.2, 0.25) is 11.8 Å². The summed E-state index contributed by atoms with van der Waals surface area (Å²) in [6.45, 7) is -1.43. The van der Waals surface area contributed by atoms with Crippen LogP contribution >= 0.6 is 11.6 Å². The number of pyridine rings is 1. The minimum Gasteiger partial charge on any atom is -0.471 e. The Bertz CT molecular complexity index is 1890. The number of benzene rings is 2. The maximum Gasteiger partial charge on any atom is 0.418 e. The Hall–Kier alpha value is -4.54. The molecule has 18 heteroatoms. The lowest BCUT2D eigenvalue weighted by Crippen LogP contribution is -2.27. The molecule has 1 aliphatic carbocycles. The molecule has 8 nitrogen and oxygen atoms in total. The molecule has 3 N–H and O–H groups in total. The Kier molecular flexibility index (Phi) is 11.9. The number of carbonyl (C=O) groups is 2. The number of ether oxygens (including phenoxy) is 1. The topological polar surface area (TPSA) is 109 Å². The van der Waals surface area contributed by atoms with Crippen molar-refractivity contribution in [1.29, 1.82) is 0 Å². The van der Waals surface area contributed by atoms with Gasteiger partial charge in [0.25, 0.3) is 12.3 Å². The number of alkyl halides is 8. The van der Waals surface area contributed by atoms with E-state index in [2.05, 4.69) is 25.6 Å². The molecule has 1 fully saturated rings. The zero-order chi connectivity index (χ0) is 37.8. The molecule has 0 atom stereocenters. The third kappa shape index (κ3) is 9.66. The van der Waals surface area contributed by atoms with Crippen molar-refractivity contribution >= 4 is 46.1 Å². The number of ketones is 1. The van der Waals surface area contributed by atoms with Crippen molar-refractivity contribution in [2.75, 3.05) is 11.9 Å². The normalized spacial score (nSPS) is 16.7. The second kappa shape index (κ2) is 16.0. The van der Waals surface area contributed by atoms with Crippen molar-refractivity contribution in [2.24, 2.45) is 11.8 Å². The molecule has 0 saturated heterocycles. The van der Waals surface area contributed by atoms with E-state index >= 15 is 0 Å². The monoisotopic (exact) mass is 763 g/mol. The number of carbonyl (C=O) groups excluding carboxylic acids is 2. The Morgan fingerprint density at radius 3 is 2.38 bits per heavy atom. The maximum atomic E-state index is 14.2. The number of imidazole rings is 1. The summed E-state index contributed by atoms with van der Waals surface area (Å²) in [5.74, 6) is -4.41. The van der Waals surface area contributed by atoms with Crippen molar-refractivity contribution < 1.29 is 53.8 Å². The molecule has 1 aliphatic rings. The molecule has 5 rings (SSSR count). The van der Waals surface area contributed by atoms with Crippen LogP contribution < -0.4 is 15.4 Å². The molecule has 0 spiro atoms. The van der Waals surface area contributed by atoms with Crippen LogP contribution in [0.5, 0.6) is 5.88 Å². The van der Waals surface area contributed by atoms with Crippen molar-refractivity contribution in [1.82, 2.24) is 20.3 Å². The van der Waals surface area contributed by atoms with Crippen LogP contribution in [0.2, 0.25) is 5.02 Å². The second-order valence-corrected chi connectivity index (χ2v) is 12.8. The first kappa shape index (κ1) is 38.7. The fourth-order valence-corrected chi connectivity index (χ4v) is 6.32. The van der Waals surface area contributed by atoms with E-state index in [1.54, 1.807) is 0 Å². The molecule has 2 aromatic heterocycles. The summed E-state index contributed by atoms with van der Waals surface area (Å²) >= 11 is 5.92. The first-order valence-electron chi connectivity index (χ1n) is 16.1. The smallest absolute Gasteiger partial charge is 0.418 e. The number of aromatic amines is 1. The lowest BCUT2D eigenvalue weighted by Gasteiger charge is -2.29. The number of H-pyrrole nitrogens is 1. The molecule has 1 amide bonds. The van der Waals surface area contributed by atoms with Crippen molar-refractivity contribution in [3.63, 3.8) is 0 Å². The predicted molar refractivity (Wildman–Crippen MR) is 172 cm³/mol. The number of hydrogen-bond donors (Lipinski definition) is 3. The summed E-state index contributed by atoms with van der Waals surface area (Å²) < 4.78 is 126. The lowest BCUT2D eigenvalue weighted by molar-refractivity contribution is -0.184. The zero-order valence-electron chi connectivity index (χ0n) is 27.0. The van der Waals surface area contributed by atoms with Gasteiger partial charge in [-0.25, -0.2) is 13.2 Å². The van der Waals surface area contributed by atoms with Gasteiger partial charge in [0, 0.05) is 13.0 Å². The van der Waals surface area contributed by atoms with E-state index < -0.39 is 71.5 Å². The number of nitrogens with one attached hydrogen (secondary N) is 3. The van der Waals surface area contributed by atoms with Gasteiger partial charge in [0.15, 0.2) is 18.0 Å². The van der Waals surface area contributed by atoms with Gasteiger partial charge in [-0.3, -0.25) is 9.59 Å². The van der Waals surface area contributed by atoms with Gasteiger partial charge < -0.3 is 20.4 Å². The molecule has 52 heavy (non-hydrogen) atoms. The van der Waals surface area contributed by atoms with Gasteiger partial charge in [0.1, 0.15) is 5.82 Å². The summed E-state index contributed by atoms with van der Waals surface area (Å²) in [4.78, 5) is 36.6. The summed E-state index contributed by atoms with van der Waals surface area (Å²) in [5, 5.41) is 4.75. The van der Waals surface area contributed by atoms with Gasteiger partial charge in [-0.15, -0.1) is 0 Å². The molecule has 0 unspecified atom stereocenters. The Morgan fingerprint density at radius 1 is 1.00 bits per heavy atom. The van der Waals surface area contributed by atoms with E-state index in [-0.39, 0.29) is 65.0 Å². The standard InChI is InChI=1S/C34H31ClF9N5O3/c35-22-4-2-5-23(36)28(22)30(51)45-15-18-9-12-21(34(42,43)44)24(13-18)46-32-47-25-14-20(31(48-29(25)49-32)52-16-27(37)38)26(50)6-1-3-17-7-10-19(11-8-17)33(39,40)41/h2,4-5,9,12-14,17,19,27H,1,3,6-8,10-11,15-16H2,(H,45,51)(H2,46,47,48,49). The van der Waals surface area contributed by atoms with Crippen LogP contribution in [0.25, 0.3) is 11.2 Å². The molecule has 0 aliphatic heterocycles. The average molecular weight is 764 g/mol. The Labute approximate surface area is 295 Å². The number of nitrogens with zero attached hydrogens (tertiary/aromatic N) is 2. The number of anilines is 2. The largest absolute Gasteiger partial charge is 0.471 e. The molecular formula is C34H31ClF9N5O3. The van der Waals surface area contributed by atoms with Gasteiger partial charge in [0.05, 0.1) is 38.8 Å². The minimum absolute atomic E-state index is 0.00418. The first-order chi connectivity index (χ1) is 24.5. The van der Waals surface area contributed by atoms with Crippen LogP contribution in [0.3, 0.4) is 0 Å². The van der Waals surface area contributed by atoms with Crippen molar-refractivity contribution in [3.8, 4) is 5.88 Å². The first-order valence-corrected chi connectivity index (χ1v) is 16.5. The third-order valence-corrected chi connectivity index (χ3v) is 9.01. The Balaban J connectivity index is 1.33. The molecule has 2 heterocycles. The van der Waals surface area contributed by atoms with Crippen molar-refractivity contribution in [3.05, 3.63) is 75.6 Å². The van der Waals surface area contributed by atoms with Gasteiger partial charge in [-0.05, 0) is 73.9 Å². The van der Waals surface area contributed by atoms with Crippen molar-refractivity contribution in [2.45, 2.75) is 70.3 Å². The second-order valence-electron chi connectivity index (χ2n) is 12.4. The van der Waals surface area contributed by atoms with Crippen LogP contribution in [0, 0.1) is 17.7 Å². The molecule has 1 saturated carbocycles. The van der Waals surface area contributed by atoms with Crippen LogP contribution in [-0.4, -0.2) is 45.9 Å². The average Bonchev–Trinajstić information content (AvgIpc) is 3.46. The van der Waals surface area contributed by atoms with Crippen LogP contribution in [-0.2, 0) is 12.7 Å². The van der Waals surface area contributed by atoms with E-state index in [9.17, 15) is 49.1 Å². The molecule has 4 aromatic rings. The van der Waals surface area contributed by atoms with E-state index in [1.165, 1.54) is 18.2 Å². The highest BCUT2D eigenvalue weighted by atomic mass is 35.5. The number of hydrogen-bond acceptors (Lipinski definition) is 6. The minimum atomic E-state index is -4.84. The number of aromatic nitrogens is 3. The zero-order valence-corrected chi connectivity index (χ0v) is 27.8. The third-order valence-electron chi connectivity index (χ3n) is 8.70. The predicted octanol–water partition coefficient (Wildman–Crippen LogP) is 9.81. The number of rotatable bonds is 13. The maximum absolute atomic E-state index is 14.2. The SMILES string of the molecule is O=C(CCCC1CCC(C(F)(F)F)CC1)c1cc2[nH]c(Nc3cc(CNC(=O)c4c(F)cccc4Cl)ccc3C(F)(F)F)nc2nc1OCC(F)F. The number of halogens is 10. The molecule has 0 radical (unpaired) electrons.